The van der Waals surface area contributed by atoms with E-state index in [1.165, 1.54) is 12.1 Å². The Balaban J connectivity index is 1.32. The number of imide groups is 1. The van der Waals surface area contributed by atoms with E-state index in [0.717, 1.165) is 52.7 Å². The van der Waals surface area contributed by atoms with Crippen LogP contribution in [-0.4, -0.2) is 39.8 Å². The summed E-state index contributed by atoms with van der Waals surface area (Å²) in [5, 5.41) is 4.07. The van der Waals surface area contributed by atoms with E-state index in [4.69, 9.17) is 0 Å². The zero-order valence-corrected chi connectivity index (χ0v) is 21.2. The number of anilines is 1. The minimum absolute atomic E-state index is 0.100. The van der Waals surface area contributed by atoms with Crippen LogP contribution < -0.4 is 10.2 Å². The van der Waals surface area contributed by atoms with Gasteiger partial charge in [0.15, 0.2) is 0 Å². The number of amides is 4. The zero-order valence-electron chi connectivity index (χ0n) is 21.2. The summed E-state index contributed by atoms with van der Waals surface area (Å²) in [4.78, 5) is 47.7. The highest BCUT2D eigenvalue weighted by Crippen LogP contribution is 2.45. The Kier molecular flexibility index (Phi) is 5.50. The number of para-hydroxylation sites is 2. The lowest BCUT2D eigenvalue weighted by Crippen LogP contribution is -2.44. The molecular formula is C31H27FN4O3. The number of nitrogens with zero attached hydrogens (tertiary/aromatic N) is 2. The predicted molar refractivity (Wildman–Crippen MR) is 145 cm³/mol. The van der Waals surface area contributed by atoms with Gasteiger partial charge in [-0.2, -0.15) is 0 Å². The summed E-state index contributed by atoms with van der Waals surface area (Å²) >= 11 is 0. The van der Waals surface area contributed by atoms with E-state index in [9.17, 15) is 18.8 Å². The van der Waals surface area contributed by atoms with Crippen LogP contribution in [0.4, 0.5) is 14.9 Å². The molecule has 196 valence electrons. The van der Waals surface area contributed by atoms with Crippen LogP contribution in [0.5, 0.6) is 0 Å². The van der Waals surface area contributed by atoms with Gasteiger partial charge in [-0.1, -0.05) is 55.3 Å². The summed E-state index contributed by atoms with van der Waals surface area (Å²) in [5.41, 5.74) is 3.98. The topological polar surface area (TPSA) is 85.5 Å². The molecule has 2 unspecified atom stereocenters. The van der Waals surface area contributed by atoms with Crippen LogP contribution in [0.15, 0.2) is 72.8 Å². The minimum Gasteiger partial charge on any atom is -0.356 e. The number of H-pyrrole nitrogens is 1. The molecule has 39 heavy (non-hydrogen) atoms. The fourth-order valence-corrected chi connectivity index (χ4v) is 6.48. The normalized spacial score (nSPS) is 20.9. The van der Waals surface area contributed by atoms with E-state index in [-0.39, 0.29) is 29.4 Å². The van der Waals surface area contributed by atoms with E-state index in [1.54, 1.807) is 41.3 Å². The maximum atomic E-state index is 14.2. The number of aromatic nitrogens is 1. The summed E-state index contributed by atoms with van der Waals surface area (Å²) in [7, 11) is 0. The summed E-state index contributed by atoms with van der Waals surface area (Å²) < 4.78 is 13.9. The Labute approximate surface area is 224 Å². The molecule has 7 rings (SSSR count). The first-order chi connectivity index (χ1) is 19.0. The highest BCUT2D eigenvalue weighted by atomic mass is 19.1. The Morgan fingerprint density at radius 1 is 0.923 bits per heavy atom. The van der Waals surface area contributed by atoms with Crippen molar-refractivity contribution in [2.45, 2.75) is 50.2 Å². The average molecular weight is 523 g/mol. The molecule has 2 atom stereocenters. The van der Waals surface area contributed by atoms with Gasteiger partial charge in [0.25, 0.3) is 11.8 Å². The summed E-state index contributed by atoms with van der Waals surface area (Å²) in [6.45, 7) is 0. The lowest BCUT2D eigenvalue weighted by atomic mass is 9.89. The van der Waals surface area contributed by atoms with Gasteiger partial charge in [0.05, 0.1) is 11.3 Å². The third-order valence-electron chi connectivity index (χ3n) is 8.31. The monoisotopic (exact) mass is 522 g/mol. The minimum atomic E-state index is -0.759. The van der Waals surface area contributed by atoms with Crippen LogP contribution in [0, 0.1) is 5.82 Å². The summed E-state index contributed by atoms with van der Waals surface area (Å²) in [6, 6.07) is 18.9. The number of aromatic amines is 1. The van der Waals surface area contributed by atoms with Crippen LogP contribution in [-0.2, 0) is 11.2 Å². The number of halogens is 1. The van der Waals surface area contributed by atoms with Gasteiger partial charge in [0.1, 0.15) is 17.9 Å². The molecule has 8 heteroatoms. The third kappa shape index (κ3) is 3.73. The van der Waals surface area contributed by atoms with Crippen molar-refractivity contribution in [2.75, 3.05) is 4.90 Å². The first kappa shape index (κ1) is 23.6. The molecule has 4 amide bonds. The maximum Gasteiger partial charge on any atom is 0.332 e. The van der Waals surface area contributed by atoms with Crippen molar-refractivity contribution in [1.29, 1.82) is 0 Å². The average Bonchev–Trinajstić information content (AvgIpc) is 3.65. The quantitative estimate of drug-likeness (QED) is 0.349. The summed E-state index contributed by atoms with van der Waals surface area (Å²) in [6.07, 6.45) is 4.35. The molecule has 3 aromatic carbocycles. The van der Waals surface area contributed by atoms with Crippen molar-refractivity contribution in [2.24, 2.45) is 0 Å². The van der Waals surface area contributed by atoms with Gasteiger partial charge in [0, 0.05) is 29.1 Å². The maximum absolute atomic E-state index is 14.2. The number of hydrogen-bond acceptors (Lipinski definition) is 3. The van der Waals surface area contributed by atoms with Crippen LogP contribution in [0.25, 0.3) is 10.9 Å². The van der Waals surface area contributed by atoms with E-state index >= 15 is 0 Å². The van der Waals surface area contributed by atoms with Gasteiger partial charge in [-0.15, -0.1) is 0 Å². The second-order valence-corrected chi connectivity index (χ2v) is 10.6. The first-order valence-electron chi connectivity index (χ1n) is 13.4. The van der Waals surface area contributed by atoms with Gasteiger partial charge in [-0.25, -0.2) is 14.1 Å². The highest BCUT2D eigenvalue weighted by molar-refractivity contribution is 6.24. The number of fused-ring (bicyclic) bond motifs is 4. The van der Waals surface area contributed by atoms with Crippen LogP contribution in [0.2, 0.25) is 0 Å². The Morgan fingerprint density at radius 3 is 2.44 bits per heavy atom. The van der Waals surface area contributed by atoms with Crippen molar-refractivity contribution < 1.29 is 18.8 Å². The molecule has 1 aliphatic carbocycles. The Bertz CT molecular complexity index is 1620. The van der Waals surface area contributed by atoms with E-state index in [2.05, 4.69) is 10.3 Å². The standard InChI is InChI=1S/C31H27FN4O3/c32-19-15-13-18(14-16-19)28-27-23(21-9-3-5-11-24(21)34-27)17-26-30(38)36(31(39)35(26)28)25-12-6-4-10-22(25)29(37)33-20-7-1-2-8-20/h3-6,9-16,20,26,28,34H,1-2,7-8,17H2,(H,33,37). The smallest absolute Gasteiger partial charge is 0.332 e. The molecule has 3 aliphatic rings. The van der Waals surface area contributed by atoms with Crippen molar-refractivity contribution >= 4 is 34.4 Å². The lowest BCUT2D eigenvalue weighted by Gasteiger charge is -2.36. The molecule has 2 N–H and O–H groups in total. The summed E-state index contributed by atoms with van der Waals surface area (Å²) in [5.74, 6) is -1.03. The van der Waals surface area contributed by atoms with Crippen LogP contribution in [0.1, 0.15) is 58.9 Å². The van der Waals surface area contributed by atoms with Crippen LogP contribution >= 0.6 is 0 Å². The molecule has 1 saturated heterocycles. The molecular weight excluding hydrogens is 495 g/mol. The van der Waals surface area contributed by atoms with Crippen LogP contribution in [0.3, 0.4) is 0 Å². The molecule has 2 aliphatic heterocycles. The van der Waals surface area contributed by atoms with E-state index in [1.807, 2.05) is 24.3 Å². The lowest BCUT2D eigenvalue weighted by molar-refractivity contribution is -0.120. The van der Waals surface area contributed by atoms with Gasteiger partial charge >= 0.3 is 6.03 Å². The van der Waals surface area contributed by atoms with Crippen molar-refractivity contribution in [3.63, 3.8) is 0 Å². The fraction of sp³-hybridized carbons (Fsp3) is 0.258. The number of urea groups is 1. The molecule has 2 fully saturated rings. The number of carbonyl (C=O) groups excluding carboxylic acids is 3. The number of rotatable bonds is 4. The predicted octanol–water partition coefficient (Wildman–Crippen LogP) is 5.46. The van der Waals surface area contributed by atoms with Crippen molar-refractivity contribution in [1.82, 2.24) is 15.2 Å². The Morgan fingerprint density at radius 2 is 1.64 bits per heavy atom. The molecule has 7 nitrogen and oxygen atoms in total. The SMILES string of the molecule is O=C(NC1CCCC1)c1ccccc1N1C(=O)C2Cc3c([nH]c4ccccc34)C(c3ccc(F)cc3)N2C1=O. The number of carbonyl (C=O) groups is 3. The molecule has 3 heterocycles. The third-order valence-corrected chi connectivity index (χ3v) is 8.31. The molecule has 0 bridgehead atoms. The zero-order chi connectivity index (χ0) is 26.7. The number of benzene rings is 3. The van der Waals surface area contributed by atoms with Crippen molar-refractivity contribution in [3.8, 4) is 0 Å². The van der Waals surface area contributed by atoms with Gasteiger partial charge in [-0.3, -0.25) is 14.5 Å². The Hall–Kier alpha value is -4.46. The van der Waals surface area contributed by atoms with E-state index < -0.39 is 18.1 Å². The van der Waals surface area contributed by atoms with Gasteiger partial charge < -0.3 is 10.3 Å². The molecule has 1 aromatic heterocycles. The second-order valence-electron chi connectivity index (χ2n) is 10.6. The van der Waals surface area contributed by atoms with Gasteiger partial charge in [-0.05, 0) is 54.3 Å². The largest absolute Gasteiger partial charge is 0.356 e. The molecule has 1 saturated carbocycles. The first-order valence-corrected chi connectivity index (χ1v) is 13.4. The van der Waals surface area contributed by atoms with E-state index in [0.29, 0.717) is 17.5 Å². The van der Waals surface area contributed by atoms with Gasteiger partial charge in [0.2, 0.25) is 0 Å². The molecule has 0 spiro atoms. The fourth-order valence-electron chi connectivity index (χ4n) is 6.48. The highest BCUT2D eigenvalue weighted by Gasteiger charge is 2.53. The molecule has 0 radical (unpaired) electrons. The second kappa shape index (κ2) is 9.08. The number of hydrogen-bond donors (Lipinski definition) is 2. The molecule has 4 aromatic rings. The van der Waals surface area contributed by atoms with Crippen molar-refractivity contribution in [3.05, 3.63) is 101 Å². The number of nitrogens with one attached hydrogen (secondary N) is 2.